The minimum atomic E-state index is -0.0888. The largest absolute Gasteiger partial charge is 0.493 e. The highest BCUT2D eigenvalue weighted by atomic mass is 32.1. The predicted molar refractivity (Wildman–Crippen MR) is 127 cm³/mol. The van der Waals surface area contributed by atoms with Gasteiger partial charge in [0, 0.05) is 24.0 Å². The number of methoxy groups -OCH3 is 1. The second-order valence-corrected chi connectivity index (χ2v) is 8.12. The summed E-state index contributed by atoms with van der Waals surface area (Å²) in [5.41, 5.74) is 3.07. The van der Waals surface area contributed by atoms with E-state index in [0.717, 1.165) is 16.8 Å². The van der Waals surface area contributed by atoms with Gasteiger partial charge in [-0.3, -0.25) is 4.79 Å². The molecule has 168 valence electrons. The molecule has 1 fully saturated rings. The van der Waals surface area contributed by atoms with Crippen LogP contribution in [0.3, 0.4) is 0 Å². The average molecular weight is 462 g/mol. The predicted octanol–water partition coefficient (Wildman–Crippen LogP) is 4.12. The SMILES string of the molecule is COc1cc(/C=C(\C#N)c2nc(-c3ccccc3)cs2)ccc1OCC(=O)N1CCOCC1. The molecular formula is C25H23N3O4S. The number of carbonyl (C=O) groups is 1. The highest BCUT2D eigenvalue weighted by Gasteiger charge is 2.18. The fraction of sp³-hybridized carbons (Fsp3) is 0.240. The van der Waals surface area contributed by atoms with E-state index in [1.165, 1.54) is 18.4 Å². The van der Waals surface area contributed by atoms with Gasteiger partial charge in [0.25, 0.3) is 5.91 Å². The lowest BCUT2D eigenvalue weighted by Gasteiger charge is -2.26. The molecule has 1 amide bonds. The fourth-order valence-corrected chi connectivity index (χ4v) is 4.18. The summed E-state index contributed by atoms with van der Waals surface area (Å²) in [6.07, 6.45) is 1.76. The molecule has 1 aliphatic rings. The molecule has 0 radical (unpaired) electrons. The number of allylic oxidation sites excluding steroid dienone is 1. The number of hydrogen-bond donors (Lipinski definition) is 0. The summed E-state index contributed by atoms with van der Waals surface area (Å²) in [7, 11) is 1.54. The summed E-state index contributed by atoms with van der Waals surface area (Å²) in [5, 5.41) is 12.3. The minimum Gasteiger partial charge on any atom is -0.493 e. The topological polar surface area (TPSA) is 84.7 Å². The first kappa shape index (κ1) is 22.5. The van der Waals surface area contributed by atoms with Crippen molar-refractivity contribution in [3.63, 3.8) is 0 Å². The smallest absolute Gasteiger partial charge is 0.260 e. The van der Waals surface area contributed by atoms with E-state index in [0.29, 0.717) is 48.4 Å². The Labute approximate surface area is 196 Å². The summed E-state index contributed by atoms with van der Waals surface area (Å²) in [6, 6.07) is 17.4. The van der Waals surface area contributed by atoms with Crippen molar-refractivity contribution in [3.05, 3.63) is 64.5 Å². The molecule has 0 atom stereocenters. The van der Waals surface area contributed by atoms with Crippen LogP contribution in [0.15, 0.2) is 53.9 Å². The number of carbonyl (C=O) groups excluding carboxylic acids is 1. The van der Waals surface area contributed by atoms with E-state index in [-0.39, 0.29) is 12.5 Å². The Balaban J connectivity index is 1.48. The molecule has 0 aliphatic carbocycles. The summed E-state index contributed by atoms with van der Waals surface area (Å²) in [5.74, 6) is 0.865. The van der Waals surface area contributed by atoms with Crippen LogP contribution in [0.2, 0.25) is 0 Å². The summed E-state index contributed by atoms with van der Waals surface area (Å²) >= 11 is 1.43. The van der Waals surface area contributed by atoms with Crippen molar-refractivity contribution in [1.29, 1.82) is 5.26 Å². The molecular weight excluding hydrogens is 438 g/mol. The Morgan fingerprint density at radius 1 is 1.21 bits per heavy atom. The van der Waals surface area contributed by atoms with Crippen LogP contribution >= 0.6 is 11.3 Å². The first-order chi connectivity index (χ1) is 16.2. The molecule has 0 bridgehead atoms. The van der Waals surface area contributed by atoms with Gasteiger partial charge in [0.1, 0.15) is 11.1 Å². The van der Waals surface area contributed by atoms with E-state index in [9.17, 15) is 10.1 Å². The van der Waals surface area contributed by atoms with E-state index in [2.05, 4.69) is 11.1 Å². The maximum atomic E-state index is 12.3. The van der Waals surface area contributed by atoms with Gasteiger partial charge >= 0.3 is 0 Å². The van der Waals surface area contributed by atoms with E-state index in [1.807, 2.05) is 41.8 Å². The second-order valence-electron chi connectivity index (χ2n) is 7.27. The van der Waals surface area contributed by atoms with Gasteiger partial charge in [-0.1, -0.05) is 36.4 Å². The molecule has 0 saturated carbocycles. The molecule has 8 heteroatoms. The van der Waals surface area contributed by atoms with Gasteiger partial charge in [-0.05, 0) is 23.8 Å². The number of ether oxygens (including phenoxy) is 3. The Hall–Kier alpha value is -3.67. The number of nitriles is 1. The summed E-state index contributed by atoms with van der Waals surface area (Å²) < 4.78 is 16.4. The molecule has 1 aliphatic heterocycles. The highest BCUT2D eigenvalue weighted by molar-refractivity contribution is 7.11. The van der Waals surface area contributed by atoms with E-state index in [4.69, 9.17) is 14.2 Å². The van der Waals surface area contributed by atoms with E-state index in [1.54, 1.807) is 23.1 Å². The van der Waals surface area contributed by atoms with Gasteiger partial charge < -0.3 is 19.1 Å². The van der Waals surface area contributed by atoms with Gasteiger partial charge in [0.15, 0.2) is 18.1 Å². The number of hydrogen-bond acceptors (Lipinski definition) is 7. The number of aromatic nitrogens is 1. The highest BCUT2D eigenvalue weighted by Crippen LogP contribution is 2.31. The van der Waals surface area contributed by atoms with E-state index >= 15 is 0 Å². The van der Waals surface area contributed by atoms with Crippen LogP contribution < -0.4 is 9.47 Å². The first-order valence-electron chi connectivity index (χ1n) is 10.5. The van der Waals surface area contributed by atoms with E-state index < -0.39 is 0 Å². The van der Waals surface area contributed by atoms with Gasteiger partial charge in [0.05, 0.1) is 31.6 Å². The zero-order valence-electron chi connectivity index (χ0n) is 18.2. The number of rotatable bonds is 7. The van der Waals surface area contributed by atoms with Gasteiger partial charge in [-0.25, -0.2) is 4.98 Å². The quantitative estimate of drug-likeness (QED) is 0.492. The lowest BCUT2D eigenvalue weighted by atomic mass is 10.1. The lowest BCUT2D eigenvalue weighted by molar-refractivity contribution is -0.137. The normalized spacial score (nSPS) is 13.9. The Morgan fingerprint density at radius 2 is 2.00 bits per heavy atom. The molecule has 0 unspecified atom stereocenters. The van der Waals surface area contributed by atoms with Crippen LogP contribution in [0, 0.1) is 11.3 Å². The molecule has 7 nitrogen and oxygen atoms in total. The van der Waals surface area contributed by atoms with Gasteiger partial charge in [-0.15, -0.1) is 11.3 Å². The van der Waals surface area contributed by atoms with Gasteiger partial charge in [0.2, 0.25) is 0 Å². The third kappa shape index (κ3) is 5.58. The van der Waals surface area contributed by atoms with Crippen LogP contribution in [0.4, 0.5) is 0 Å². The second kappa shape index (κ2) is 10.8. The molecule has 2 aromatic carbocycles. The molecule has 0 spiro atoms. The maximum Gasteiger partial charge on any atom is 0.260 e. The average Bonchev–Trinajstić information content (AvgIpc) is 3.37. The number of nitrogens with zero attached hydrogens (tertiary/aromatic N) is 3. The molecule has 33 heavy (non-hydrogen) atoms. The van der Waals surface area contributed by atoms with Gasteiger partial charge in [-0.2, -0.15) is 5.26 Å². The summed E-state index contributed by atoms with van der Waals surface area (Å²) in [4.78, 5) is 18.7. The summed E-state index contributed by atoms with van der Waals surface area (Å²) in [6.45, 7) is 2.16. The zero-order valence-corrected chi connectivity index (χ0v) is 19.0. The van der Waals surface area contributed by atoms with Crippen molar-refractivity contribution in [3.8, 4) is 28.8 Å². The van der Waals surface area contributed by atoms with Crippen molar-refractivity contribution in [2.24, 2.45) is 0 Å². The number of amides is 1. The third-order valence-electron chi connectivity index (χ3n) is 5.14. The number of morpholine rings is 1. The fourth-order valence-electron chi connectivity index (χ4n) is 3.38. The minimum absolute atomic E-state index is 0.0730. The molecule has 2 heterocycles. The Bertz CT molecular complexity index is 1180. The third-order valence-corrected chi connectivity index (χ3v) is 6.01. The Morgan fingerprint density at radius 3 is 2.73 bits per heavy atom. The number of benzene rings is 2. The molecule has 4 rings (SSSR count). The molecule has 1 saturated heterocycles. The monoisotopic (exact) mass is 461 g/mol. The standard InChI is InChI=1S/C25H23N3O4S/c1-30-23-14-18(7-8-22(23)32-16-24(29)28-9-11-31-12-10-28)13-20(15-26)25-27-21(17-33-25)19-5-3-2-4-6-19/h2-8,13-14,17H,9-12,16H2,1H3/b20-13+. The van der Waals surface area contributed by atoms with Crippen molar-refractivity contribution < 1.29 is 19.0 Å². The van der Waals surface area contributed by atoms with Crippen molar-refractivity contribution in [2.75, 3.05) is 40.0 Å². The zero-order chi connectivity index (χ0) is 23.0. The molecule has 3 aromatic rings. The first-order valence-corrected chi connectivity index (χ1v) is 11.4. The van der Waals surface area contributed by atoms with Crippen LogP contribution in [-0.4, -0.2) is 55.8 Å². The van der Waals surface area contributed by atoms with Crippen molar-refractivity contribution in [2.45, 2.75) is 0 Å². The Kier molecular flexibility index (Phi) is 7.35. The number of thiazole rings is 1. The van der Waals surface area contributed by atoms with Crippen LogP contribution in [0.5, 0.6) is 11.5 Å². The maximum absolute atomic E-state index is 12.3. The van der Waals surface area contributed by atoms with Crippen LogP contribution in [0.1, 0.15) is 10.6 Å². The van der Waals surface area contributed by atoms with Crippen molar-refractivity contribution in [1.82, 2.24) is 9.88 Å². The van der Waals surface area contributed by atoms with Crippen LogP contribution in [0.25, 0.3) is 22.9 Å². The van der Waals surface area contributed by atoms with Crippen LogP contribution in [-0.2, 0) is 9.53 Å². The lowest BCUT2D eigenvalue weighted by Crippen LogP contribution is -2.43. The molecule has 1 aromatic heterocycles. The molecule has 0 N–H and O–H groups in total. The van der Waals surface area contributed by atoms with Crippen molar-refractivity contribution >= 4 is 28.9 Å².